The Morgan fingerprint density at radius 2 is 2.00 bits per heavy atom. The smallest absolute Gasteiger partial charge is 0.234 e. The standard InChI is InChI=1S/C16H22N4OS2/c1-4-5-9-17-15-19-20-16(23-15)22-10-13(21)18-14-11(2)7-6-8-12(14)3/h6-8H,4-5,9-10H2,1-3H3,(H,17,19)(H,18,21). The van der Waals surface area contributed by atoms with Gasteiger partial charge in [-0.3, -0.25) is 4.79 Å². The number of thioether (sulfide) groups is 1. The van der Waals surface area contributed by atoms with Crippen molar-refractivity contribution < 1.29 is 4.79 Å². The Kier molecular flexibility index (Phi) is 6.85. The zero-order valence-corrected chi connectivity index (χ0v) is 15.3. The topological polar surface area (TPSA) is 66.9 Å². The zero-order valence-electron chi connectivity index (χ0n) is 13.7. The highest BCUT2D eigenvalue weighted by Gasteiger charge is 2.10. The first-order valence-corrected chi connectivity index (χ1v) is 9.46. The minimum absolute atomic E-state index is 0.0249. The Hall–Kier alpha value is -1.60. The van der Waals surface area contributed by atoms with Crippen LogP contribution >= 0.6 is 23.1 Å². The first-order valence-electron chi connectivity index (χ1n) is 7.66. The summed E-state index contributed by atoms with van der Waals surface area (Å²) in [6.45, 7) is 7.05. The molecule has 0 bridgehead atoms. The van der Waals surface area contributed by atoms with Gasteiger partial charge in [-0.25, -0.2) is 0 Å². The number of unbranched alkanes of at least 4 members (excludes halogenated alkanes) is 1. The fourth-order valence-corrected chi connectivity index (χ4v) is 3.60. The van der Waals surface area contributed by atoms with Crippen molar-refractivity contribution in [3.05, 3.63) is 29.3 Å². The van der Waals surface area contributed by atoms with Gasteiger partial charge in [0.05, 0.1) is 5.75 Å². The first kappa shape index (κ1) is 17.7. The molecule has 1 aromatic carbocycles. The van der Waals surface area contributed by atoms with Gasteiger partial charge in [-0.1, -0.05) is 54.6 Å². The molecule has 5 nitrogen and oxygen atoms in total. The molecule has 0 aliphatic carbocycles. The van der Waals surface area contributed by atoms with E-state index in [9.17, 15) is 4.79 Å². The molecule has 0 unspecified atom stereocenters. The van der Waals surface area contributed by atoms with E-state index in [0.717, 1.165) is 45.7 Å². The second-order valence-electron chi connectivity index (χ2n) is 5.26. The Morgan fingerprint density at radius 3 is 2.70 bits per heavy atom. The van der Waals surface area contributed by atoms with Crippen LogP contribution in [0.4, 0.5) is 10.8 Å². The molecule has 1 amide bonds. The van der Waals surface area contributed by atoms with Crippen molar-refractivity contribution in [3.8, 4) is 0 Å². The number of para-hydroxylation sites is 1. The predicted octanol–water partition coefficient (Wildman–Crippen LogP) is 4.10. The molecule has 23 heavy (non-hydrogen) atoms. The lowest BCUT2D eigenvalue weighted by atomic mass is 10.1. The van der Waals surface area contributed by atoms with Crippen molar-refractivity contribution in [3.63, 3.8) is 0 Å². The summed E-state index contributed by atoms with van der Waals surface area (Å²) >= 11 is 2.90. The highest BCUT2D eigenvalue weighted by atomic mass is 32.2. The average molecular weight is 351 g/mol. The summed E-state index contributed by atoms with van der Waals surface area (Å²) in [5, 5.41) is 15.2. The van der Waals surface area contributed by atoms with Gasteiger partial charge in [0.1, 0.15) is 0 Å². The van der Waals surface area contributed by atoms with E-state index in [2.05, 4.69) is 27.8 Å². The molecule has 7 heteroatoms. The molecule has 0 spiro atoms. The molecule has 0 atom stereocenters. The minimum Gasteiger partial charge on any atom is -0.360 e. The number of amides is 1. The quantitative estimate of drug-likeness (QED) is 0.554. The van der Waals surface area contributed by atoms with Crippen LogP contribution < -0.4 is 10.6 Å². The van der Waals surface area contributed by atoms with Crippen molar-refractivity contribution in [2.45, 2.75) is 38.0 Å². The Bertz CT molecular complexity index is 637. The van der Waals surface area contributed by atoms with Crippen molar-refractivity contribution in [1.29, 1.82) is 0 Å². The Balaban J connectivity index is 1.82. The van der Waals surface area contributed by atoms with Crippen molar-refractivity contribution >= 4 is 39.8 Å². The number of hydrogen-bond acceptors (Lipinski definition) is 6. The number of hydrogen-bond donors (Lipinski definition) is 2. The van der Waals surface area contributed by atoms with Gasteiger partial charge in [0.25, 0.3) is 0 Å². The summed E-state index contributed by atoms with van der Waals surface area (Å²) < 4.78 is 0.806. The Morgan fingerprint density at radius 1 is 1.26 bits per heavy atom. The summed E-state index contributed by atoms with van der Waals surface area (Å²) in [6, 6.07) is 5.98. The second-order valence-corrected chi connectivity index (χ2v) is 7.46. The molecule has 124 valence electrons. The van der Waals surface area contributed by atoms with Gasteiger partial charge in [-0.15, -0.1) is 10.2 Å². The van der Waals surface area contributed by atoms with Crippen LogP contribution in [0.15, 0.2) is 22.5 Å². The first-order chi connectivity index (χ1) is 11.1. The second kappa shape index (κ2) is 8.88. The number of rotatable bonds is 8. The molecular formula is C16H22N4OS2. The molecule has 0 aliphatic heterocycles. The maximum atomic E-state index is 12.1. The number of nitrogens with one attached hydrogen (secondary N) is 2. The van der Waals surface area contributed by atoms with Gasteiger partial charge in [-0.05, 0) is 31.4 Å². The van der Waals surface area contributed by atoms with Crippen LogP contribution in [0, 0.1) is 13.8 Å². The number of carbonyl (C=O) groups excluding carboxylic acids is 1. The molecule has 2 N–H and O–H groups in total. The number of carbonyl (C=O) groups is 1. The summed E-state index contributed by atoms with van der Waals surface area (Å²) in [5.41, 5.74) is 3.04. The van der Waals surface area contributed by atoms with E-state index in [1.54, 1.807) is 0 Å². The molecule has 1 aromatic heterocycles. The van der Waals surface area contributed by atoms with Crippen LogP contribution in [-0.2, 0) is 4.79 Å². The number of aryl methyl sites for hydroxylation is 2. The van der Waals surface area contributed by atoms with Crippen molar-refractivity contribution in [2.24, 2.45) is 0 Å². The zero-order chi connectivity index (χ0) is 16.7. The third-order valence-electron chi connectivity index (χ3n) is 3.29. The molecule has 2 rings (SSSR count). The third-order valence-corrected chi connectivity index (χ3v) is 5.30. The monoisotopic (exact) mass is 350 g/mol. The van der Waals surface area contributed by atoms with Crippen LogP contribution in [0.3, 0.4) is 0 Å². The highest BCUT2D eigenvalue weighted by molar-refractivity contribution is 8.01. The van der Waals surface area contributed by atoms with E-state index in [1.165, 1.54) is 23.1 Å². The number of aromatic nitrogens is 2. The van der Waals surface area contributed by atoms with E-state index in [1.807, 2.05) is 32.0 Å². The van der Waals surface area contributed by atoms with Crippen molar-refractivity contribution in [2.75, 3.05) is 22.9 Å². The lowest BCUT2D eigenvalue weighted by Gasteiger charge is -2.10. The summed E-state index contributed by atoms with van der Waals surface area (Å²) in [7, 11) is 0. The van der Waals surface area contributed by atoms with Gasteiger partial charge in [0, 0.05) is 12.2 Å². The van der Waals surface area contributed by atoms with Crippen LogP contribution in [0.2, 0.25) is 0 Å². The molecule has 2 aromatic rings. The lowest BCUT2D eigenvalue weighted by Crippen LogP contribution is -2.15. The molecule has 0 saturated heterocycles. The lowest BCUT2D eigenvalue weighted by molar-refractivity contribution is -0.113. The normalized spacial score (nSPS) is 10.6. The van der Waals surface area contributed by atoms with E-state index in [0.29, 0.717) is 5.75 Å². The van der Waals surface area contributed by atoms with E-state index >= 15 is 0 Å². The number of nitrogens with zero attached hydrogens (tertiary/aromatic N) is 2. The fraction of sp³-hybridized carbons (Fsp3) is 0.438. The molecule has 0 saturated carbocycles. The summed E-state index contributed by atoms with van der Waals surface area (Å²) in [5.74, 6) is 0.306. The van der Waals surface area contributed by atoms with E-state index in [4.69, 9.17) is 0 Å². The SMILES string of the molecule is CCCCNc1nnc(SCC(=O)Nc2c(C)cccc2C)s1. The highest BCUT2D eigenvalue weighted by Crippen LogP contribution is 2.26. The van der Waals surface area contributed by atoms with Gasteiger partial charge >= 0.3 is 0 Å². The van der Waals surface area contributed by atoms with Crippen LogP contribution in [0.25, 0.3) is 0 Å². The van der Waals surface area contributed by atoms with Crippen LogP contribution in [-0.4, -0.2) is 28.4 Å². The fourth-order valence-electron chi connectivity index (χ4n) is 2.03. The van der Waals surface area contributed by atoms with Crippen LogP contribution in [0.1, 0.15) is 30.9 Å². The van der Waals surface area contributed by atoms with Gasteiger partial charge in [-0.2, -0.15) is 0 Å². The van der Waals surface area contributed by atoms with E-state index in [-0.39, 0.29) is 5.91 Å². The van der Waals surface area contributed by atoms with Gasteiger partial charge in [0.2, 0.25) is 11.0 Å². The molecule has 0 aliphatic rings. The largest absolute Gasteiger partial charge is 0.360 e. The molecular weight excluding hydrogens is 328 g/mol. The van der Waals surface area contributed by atoms with Gasteiger partial charge in [0.15, 0.2) is 4.34 Å². The third kappa shape index (κ3) is 5.51. The van der Waals surface area contributed by atoms with E-state index < -0.39 is 0 Å². The molecule has 1 heterocycles. The molecule has 0 fully saturated rings. The minimum atomic E-state index is -0.0249. The maximum Gasteiger partial charge on any atom is 0.234 e. The number of anilines is 2. The molecule has 0 radical (unpaired) electrons. The van der Waals surface area contributed by atoms with Crippen molar-refractivity contribution in [1.82, 2.24) is 10.2 Å². The maximum absolute atomic E-state index is 12.1. The predicted molar refractivity (Wildman–Crippen MR) is 98.6 cm³/mol. The summed E-state index contributed by atoms with van der Waals surface area (Å²) in [6.07, 6.45) is 2.26. The summed E-state index contributed by atoms with van der Waals surface area (Å²) in [4.78, 5) is 12.1. The van der Waals surface area contributed by atoms with Gasteiger partial charge < -0.3 is 10.6 Å². The number of benzene rings is 1. The average Bonchev–Trinajstić information content (AvgIpc) is 2.97. The Labute approximate surface area is 145 Å². The van der Waals surface area contributed by atoms with Crippen LogP contribution in [0.5, 0.6) is 0 Å².